The molecule has 0 spiro atoms. The van der Waals surface area contributed by atoms with Gasteiger partial charge in [0, 0.05) is 18.2 Å². The summed E-state index contributed by atoms with van der Waals surface area (Å²) in [6.45, 7) is 0.159. The van der Waals surface area contributed by atoms with Crippen molar-refractivity contribution < 1.29 is 28.2 Å². The van der Waals surface area contributed by atoms with Gasteiger partial charge in [0.05, 0.1) is 27.6 Å². The molecule has 0 fully saturated rings. The Morgan fingerprint density at radius 2 is 1.62 bits per heavy atom. The summed E-state index contributed by atoms with van der Waals surface area (Å²) in [7, 11) is 4.55. The molecule has 8 heteroatoms. The molecule has 3 rings (SSSR count). The summed E-state index contributed by atoms with van der Waals surface area (Å²) in [4.78, 5) is 25.5. The molecule has 0 saturated carbocycles. The van der Waals surface area contributed by atoms with Gasteiger partial charge >= 0.3 is 0 Å². The van der Waals surface area contributed by atoms with Crippen LogP contribution in [0.3, 0.4) is 0 Å². The number of hydrogen-bond donors (Lipinski definition) is 2. The van der Waals surface area contributed by atoms with Crippen LogP contribution in [0.15, 0.2) is 71.0 Å². The first kappa shape index (κ1) is 22.5. The molecule has 0 unspecified atom stereocenters. The zero-order valence-electron chi connectivity index (χ0n) is 18.0. The normalized spacial score (nSPS) is 10.9. The highest BCUT2D eigenvalue weighted by atomic mass is 16.5. The molecule has 0 bridgehead atoms. The van der Waals surface area contributed by atoms with E-state index in [1.165, 1.54) is 33.7 Å². The van der Waals surface area contributed by atoms with Crippen molar-refractivity contribution in [2.24, 2.45) is 0 Å². The molecule has 3 aromatic rings. The van der Waals surface area contributed by atoms with E-state index in [0.717, 1.165) is 5.56 Å². The van der Waals surface area contributed by atoms with Crippen molar-refractivity contribution in [2.45, 2.75) is 6.54 Å². The van der Waals surface area contributed by atoms with E-state index in [1.54, 1.807) is 54.6 Å². The first-order chi connectivity index (χ1) is 15.5. The number of carbonyl (C=O) groups is 2. The van der Waals surface area contributed by atoms with Crippen LogP contribution in [0.25, 0.3) is 6.08 Å². The van der Waals surface area contributed by atoms with Crippen molar-refractivity contribution in [3.63, 3.8) is 0 Å². The van der Waals surface area contributed by atoms with Gasteiger partial charge in [-0.1, -0.05) is 18.2 Å². The second-order valence-electron chi connectivity index (χ2n) is 6.61. The first-order valence-corrected chi connectivity index (χ1v) is 9.74. The number of ether oxygens (including phenoxy) is 3. The lowest BCUT2D eigenvalue weighted by molar-refractivity contribution is -0.117. The Bertz CT molecular complexity index is 1070. The van der Waals surface area contributed by atoms with Gasteiger partial charge in [0.2, 0.25) is 5.75 Å². The van der Waals surface area contributed by atoms with Gasteiger partial charge in [0.15, 0.2) is 11.5 Å². The van der Waals surface area contributed by atoms with Crippen LogP contribution >= 0.6 is 0 Å². The number of nitrogens with one attached hydrogen (secondary N) is 2. The monoisotopic (exact) mass is 436 g/mol. The highest BCUT2D eigenvalue weighted by Gasteiger charge is 2.17. The first-order valence-electron chi connectivity index (χ1n) is 9.74. The molecule has 0 aliphatic rings. The minimum absolute atomic E-state index is 0.0428. The quantitative estimate of drug-likeness (QED) is 0.499. The molecule has 2 aromatic carbocycles. The van der Waals surface area contributed by atoms with E-state index in [-0.39, 0.29) is 12.2 Å². The Morgan fingerprint density at radius 3 is 2.19 bits per heavy atom. The van der Waals surface area contributed by atoms with Crippen molar-refractivity contribution in [2.75, 3.05) is 21.3 Å². The molecule has 32 heavy (non-hydrogen) atoms. The minimum Gasteiger partial charge on any atom is -0.493 e. The van der Waals surface area contributed by atoms with Crippen LogP contribution in [-0.4, -0.2) is 33.1 Å². The van der Waals surface area contributed by atoms with Gasteiger partial charge < -0.3 is 29.3 Å². The predicted octanol–water partition coefficient (Wildman–Crippen LogP) is 3.39. The molecule has 0 saturated heterocycles. The summed E-state index contributed by atoms with van der Waals surface area (Å²) >= 11 is 0. The third kappa shape index (κ3) is 5.48. The van der Waals surface area contributed by atoms with E-state index in [0.29, 0.717) is 28.6 Å². The van der Waals surface area contributed by atoms with E-state index in [2.05, 4.69) is 10.6 Å². The maximum atomic E-state index is 12.9. The Morgan fingerprint density at radius 1 is 0.938 bits per heavy atom. The molecule has 2 amide bonds. The smallest absolute Gasteiger partial charge is 0.268 e. The highest BCUT2D eigenvalue weighted by Crippen LogP contribution is 2.38. The van der Waals surface area contributed by atoms with E-state index in [1.807, 2.05) is 0 Å². The SMILES string of the molecule is COc1cc(CNC(=O)/C(=C\c2ccco2)NC(=O)c2ccccc2)cc(OC)c1OC. The van der Waals surface area contributed by atoms with E-state index in [4.69, 9.17) is 18.6 Å². The van der Waals surface area contributed by atoms with Crippen LogP contribution < -0.4 is 24.8 Å². The lowest BCUT2D eigenvalue weighted by Gasteiger charge is -2.15. The maximum Gasteiger partial charge on any atom is 0.268 e. The zero-order valence-corrected chi connectivity index (χ0v) is 18.0. The van der Waals surface area contributed by atoms with Gasteiger partial charge in [-0.2, -0.15) is 0 Å². The van der Waals surface area contributed by atoms with Crippen molar-refractivity contribution in [1.29, 1.82) is 0 Å². The average Bonchev–Trinajstić information content (AvgIpc) is 3.34. The van der Waals surface area contributed by atoms with Crippen molar-refractivity contribution in [1.82, 2.24) is 10.6 Å². The zero-order chi connectivity index (χ0) is 22.9. The summed E-state index contributed by atoms with van der Waals surface area (Å²) in [5.41, 5.74) is 1.19. The average molecular weight is 436 g/mol. The van der Waals surface area contributed by atoms with Crippen LogP contribution in [-0.2, 0) is 11.3 Å². The van der Waals surface area contributed by atoms with E-state index >= 15 is 0 Å². The van der Waals surface area contributed by atoms with Crippen LogP contribution in [0.2, 0.25) is 0 Å². The third-order valence-electron chi connectivity index (χ3n) is 4.54. The van der Waals surface area contributed by atoms with Crippen molar-refractivity contribution >= 4 is 17.9 Å². The third-order valence-corrected chi connectivity index (χ3v) is 4.54. The number of carbonyl (C=O) groups excluding carboxylic acids is 2. The molecule has 1 aromatic heterocycles. The van der Waals surface area contributed by atoms with Gasteiger partial charge in [-0.3, -0.25) is 9.59 Å². The molecule has 0 radical (unpaired) electrons. The number of amides is 2. The largest absolute Gasteiger partial charge is 0.493 e. The fraction of sp³-hybridized carbons (Fsp3) is 0.167. The molecule has 166 valence electrons. The standard InChI is InChI=1S/C24H24N2O6/c1-29-20-12-16(13-21(30-2)22(20)31-3)15-25-24(28)19(14-18-10-7-11-32-18)26-23(27)17-8-5-4-6-9-17/h4-14H,15H2,1-3H3,(H,25,28)(H,26,27)/b19-14+. The Balaban J connectivity index is 1.79. The Labute approximate surface area is 185 Å². The molecule has 0 aliphatic heterocycles. The molecule has 1 heterocycles. The van der Waals surface area contributed by atoms with Gasteiger partial charge in [-0.25, -0.2) is 0 Å². The second kappa shape index (κ2) is 10.7. The Kier molecular flexibility index (Phi) is 7.53. The van der Waals surface area contributed by atoms with E-state index < -0.39 is 11.8 Å². The second-order valence-corrected chi connectivity index (χ2v) is 6.61. The van der Waals surface area contributed by atoms with Crippen molar-refractivity contribution in [3.8, 4) is 17.2 Å². The fourth-order valence-corrected chi connectivity index (χ4v) is 2.97. The van der Waals surface area contributed by atoms with Gasteiger partial charge in [0.1, 0.15) is 11.5 Å². The van der Waals surface area contributed by atoms with Crippen LogP contribution in [0.4, 0.5) is 0 Å². The fourth-order valence-electron chi connectivity index (χ4n) is 2.97. The number of methoxy groups -OCH3 is 3. The molecule has 0 atom stereocenters. The molecule has 8 nitrogen and oxygen atoms in total. The number of rotatable bonds is 9. The molecular weight excluding hydrogens is 412 g/mol. The predicted molar refractivity (Wildman–Crippen MR) is 119 cm³/mol. The molecular formula is C24H24N2O6. The maximum absolute atomic E-state index is 12.9. The number of furan rings is 1. The van der Waals surface area contributed by atoms with E-state index in [9.17, 15) is 9.59 Å². The number of hydrogen-bond acceptors (Lipinski definition) is 6. The summed E-state index contributed by atoms with van der Waals surface area (Å²) in [6.07, 6.45) is 2.95. The lowest BCUT2D eigenvalue weighted by atomic mass is 10.1. The van der Waals surface area contributed by atoms with Crippen molar-refractivity contribution in [3.05, 3.63) is 83.4 Å². The summed E-state index contributed by atoms with van der Waals surface area (Å²) in [5, 5.41) is 5.44. The minimum atomic E-state index is -0.487. The summed E-state index contributed by atoms with van der Waals surface area (Å²) in [6, 6.07) is 15.5. The summed E-state index contributed by atoms with van der Waals surface area (Å²) in [5.74, 6) is 0.931. The van der Waals surface area contributed by atoms with Gasteiger partial charge in [-0.05, 0) is 42.0 Å². The summed E-state index contributed by atoms with van der Waals surface area (Å²) < 4.78 is 21.3. The number of benzene rings is 2. The van der Waals surface area contributed by atoms with Crippen LogP contribution in [0.5, 0.6) is 17.2 Å². The lowest BCUT2D eigenvalue weighted by Crippen LogP contribution is -2.34. The topological polar surface area (TPSA) is 99.0 Å². The molecule has 0 aliphatic carbocycles. The van der Waals surface area contributed by atoms with Gasteiger partial charge in [0.25, 0.3) is 11.8 Å². The molecule has 2 N–H and O–H groups in total. The van der Waals surface area contributed by atoms with Gasteiger partial charge in [-0.15, -0.1) is 0 Å². The highest BCUT2D eigenvalue weighted by molar-refractivity contribution is 6.05. The van der Waals surface area contributed by atoms with Crippen LogP contribution in [0, 0.1) is 0 Å². The Hall–Kier alpha value is -4.20. The van der Waals surface area contributed by atoms with Crippen LogP contribution in [0.1, 0.15) is 21.7 Å².